The van der Waals surface area contributed by atoms with Gasteiger partial charge in [-0.1, -0.05) is 12.1 Å². The van der Waals surface area contributed by atoms with E-state index in [4.69, 9.17) is 4.42 Å². The maximum atomic E-state index is 12.3. The average molecular weight is 324 g/mol. The van der Waals surface area contributed by atoms with E-state index in [1.54, 1.807) is 19.3 Å². The summed E-state index contributed by atoms with van der Waals surface area (Å²) in [6.07, 6.45) is 2.65. The van der Waals surface area contributed by atoms with Crippen molar-refractivity contribution in [3.8, 4) is 0 Å². The zero-order chi connectivity index (χ0) is 16.2. The molecule has 1 heterocycles. The lowest BCUT2D eigenvalue weighted by molar-refractivity contribution is -0.387. The first kappa shape index (κ1) is 16.2. The van der Waals surface area contributed by atoms with Crippen LogP contribution in [0.1, 0.15) is 19.1 Å². The molecule has 0 spiro atoms. The zero-order valence-corrected chi connectivity index (χ0v) is 12.7. The quantitative estimate of drug-likeness (QED) is 0.622. The van der Waals surface area contributed by atoms with Crippen LogP contribution in [0.5, 0.6) is 0 Å². The third-order valence-corrected chi connectivity index (χ3v) is 4.75. The number of nitro benzene ring substituents is 1. The van der Waals surface area contributed by atoms with E-state index in [0.29, 0.717) is 12.8 Å². The molecular weight excluding hydrogens is 308 g/mol. The number of hydrogen-bond acceptors (Lipinski definition) is 5. The highest BCUT2D eigenvalue weighted by atomic mass is 32.2. The second kappa shape index (κ2) is 6.71. The van der Waals surface area contributed by atoms with Crippen LogP contribution in [0.4, 0.5) is 5.69 Å². The van der Waals surface area contributed by atoms with Crippen LogP contribution < -0.4 is 4.72 Å². The van der Waals surface area contributed by atoms with Crippen LogP contribution in [-0.2, 0) is 16.4 Å². The molecule has 0 aliphatic heterocycles. The van der Waals surface area contributed by atoms with E-state index in [0.717, 1.165) is 5.76 Å². The van der Waals surface area contributed by atoms with Crippen molar-refractivity contribution in [3.63, 3.8) is 0 Å². The van der Waals surface area contributed by atoms with Gasteiger partial charge in [0.25, 0.3) is 5.69 Å². The van der Waals surface area contributed by atoms with Gasteiger partial charge in [-0.2, -0.15) is 0 Å². The van der Waals surface area contributed by atoms with E-state index in [-0.39, 0.29) is 10.9 Å². The summed E-state index contributed by atoms with van der Waals surface area (Å²) in [6, 6.07) is 8.46. The summed E-state index contributed by atoms with van der Waals surface area (Å²) in [5, 5.41) is 10.9. The predicted octanol–water partition coefficient (Wildman–Crippen LogP) is 2.49. The van der Waals surface area contributed by atoms with Crippen LogP contribution in [0.3, 0.4) is 0 Å². The van der Waals surface area contributed by atoms with Crippen LogP contribution >= 0.6 is 0 Å². The van der Waals surface area contributed by atoms with Crippen LogP contribution in [0.25, 0.3) is 0 Å². The maximum Gasteiger partial charge on any atom is 0.289 e. The Morgan fingerprint density at radius 2 is 2.00 bits per heavy atom. The second-order valence-corrected chi connectivity index (χ2v) is 6.55. The average Bonchev–Trinajstić information content (AvgIpc) is 2.98. The molecule has 0 amide bonds. The molecule has 0 unspecified atom stereocenters. The Kier molecular flexibility index (Phi) is 4.94. The van der Waals surface area contributed by atoms with Crippen LogP contribution in [0.2, 0.25) is 0 Å². The summed E-state index contributed by atoms with van der Waals surface area (Å²) in [5.74, 6) is 0.761. The second-order valence-electron chi connectivity index (χ2n) is 4.87. The zero-order valence-electron chi connectivity index (χ0n) is 11.9. The fraction of sp³-hybridized carbons (Fsp3) is 0.286. The molecule has 1 aromatic carbocycles. The third-order valence-electron chi connectivity index (χ3n) is 3.11. The molecule has 0 fully saturated rings. The summed E-state index contributed by atoms with van der Waals surface area (Å²) < 4.78 is 32.2. The molecule has 0 saturated heterocycles. The van der Waals surface area contributed by atoms with Crippen molar-refractivity contribution in [1.82, 2.24) is 4.72 Å². The molecule has 0 aliphatic carbocycles. The number of nitrogens with zero attached hydrogens (tertiary/aromatic N) is 1. The van der Waals surface area contributed by atoms with Gasteiger partial charge in [0.1, 0.15) is 5.76 Å². The highest BCUT2D eigenvalue weighted by molar-refractivity contribution is 7.89. The lowest BCUT2D eigenvalue weighted by Crippen LogP contribution is -2.33. The minimum Gasteiger partial charge on any atom is -0.469 e. The standard InChI is InChI=1S/C14H16N2O5S/c1-11(8-9-12-5-4-10-21-12)15-22(19,20)14-7-3-2-6-13(14)16(17)18/h2-7,10-11,15H,8-9H2,1H3/t11-/m1/s1. The number of nitrogens with one attached hydrogen (secondary N) is 1. The van der Waals surface area contributed by atoms with Gasteiger partial charge in [0.05, 0.1) is 11.2 Å². The smallest absolute Gasteiger partial charge is 0.289 e. The third kappa shape index (κ3) is 3.92. The van der Waals surface area contributed by atoms with E-state index in [2.05, 4.69) is 4.72 Å². The Balaban J connectivity index is 2.09. The summed E-state index contributed by atoms with van der Waals surface area (Å²) >= 11 is 0. The fourth-order valence-electron chi connectivity index (χ4n) is 2.04. The van der Waals surface area contributed by atoms with Gasteiger partial charge in [0.15, 0.2) is 4.90 Å². The van der Waals surface area contributed by atoms with Crippen molar-refractivity contribution in [2.24, 2.45) is 0 Å². The summed E-state index contributed by atoms with van der Waals surface area (Å²) in [4.78, 5) is 9.90. The van der Waals surface area contributed by atoms with Gasteiger partial charge in [-0.05, 0) is 31.5 Å². The summed E-state index contributed by atoms with van der Waals surface area (Å²) in [5.41, 5.74) is -0.437. The van der Waals surface area contributed by atoms with Crippen molar-refractivity contribution < 1.29 is 17.8 Å². The van der Waals surface area contributed by atoms with Gasteiger partial charge in [-0.15, -0.1) is 0 Å². The number of furan rings is 1. The number of rotatable bonds is 7. The van der Waals surface area contributed by atoms with E-state index in [1.165, 1.54) is 24.3 Å². The van der Waals surface area contributed by atoms with Gasteiger partial charge >= 0.3 is 0 Å². The highest BCUT2D eigenvalue weighted by Crippen LogP contribution is 2.23. The summed E-state index contributed by atoms with van der Waals surface area (Å²) in [6.45, 7) is 1.70. The largest absolute Gasteiger partial charge is 0.469 e. The number of hydrogen-bond donors (Lipinski definition) is 1. The topological polar surface area (TPSA) is 102 Å². The molecular formula is C14H16N2O5S. The Labute approximate surface area is 128 Å². The minimum absolute atomic E-state index is 0.329. The van der Waals surface area contributed by atoms with Crippen molar-refractivity contribution >= 4 is 15.7 Å². The Bertz CT molecular complexity index is 740. The van der Waals surface area contributed by atoms with Gasteiger partial charge in [-0.3, -0.25) is 10.1 Å². The number of aryl methyl sites for hydroxylation is 1. The van der Waals surface area contributed by atoms with Crippen LogP contribution in [0, 0.1) is 10.1 Å². The monoisotopic (exact) mass is 324 g/mol. The molecule has 2 aromatic rings. The van der Waals surface area contributed by atoms with E-state index >= 15 is 0 Å². The maximum absolute atomic E-state index is 12.3. The van der Waals surface area contributed by atoms with Crippen LogP contribution in [0.15, 0.2) is 52.0 Å². The molecule has 0 radical (unpaired) electrons. The first-order valence-corrected chi connectivity index (χ1v) is 8.16. The number of benzene rings is 1. The molecule has 8 heteroatoms. The van der Waals surface area contributed by atoms with Crippen molar-refractivity contribution in [3.05, 3.63) is 58.5 Å². The summed E-state index contributed by atoms with van der Waals surface area (Å²) in [7, 11) is -3.95. The van der Waals surface area contributed by atoms with Crippen molar-refractivity contribution in [2.75, 3.05) is 0 Å². The fourth-order valence-corrected chi connectivity index (χ4v) is 3.49. The first-order valence-electron chi connectivity index (χ1n) is 6.68. The molecule has 0 aliphatic rings. The molecule has 22 heavy (non-hydrogen) atoms. The lowest BCUT2D eigenvalue weighted by atomic mass is 10.2. The van der Waals surface area contributed by atoms with E-state index in [1.807, 2.05) is 6.07 Å². The van der Waals surface area contributed by atoms with Gasteiger partial charge in [-0.25, -0.2) is 13.1 Å². The SMILES string of the molecule is C[C@H](CCc1ccco1)NS(=O)(=O)c1ccccc1[N+](=O)[O-]. The van der Waals surface area contributed by atoms with Crippen molar-refractivity contribution in [1.29, 1.82) is 0 Å². The number of para-hydroxylation sites is 1. The molecule has 0 saturated carbocycles. The molecule has 1 atom stereocenters. The Morgan fingerprint density at radius 1 is 1.27 bits per heavy atom. The van der Waals surface area contributed by atoms with Crippen LogP contribution in [-0.4, -0.2) is 19.4 Å². The van der Waals surface area contributed by atoms with Gasteiger partial charge < -0.3 is 4.42 Å². The molecule has 1 aromatic heterocycles. The first-order chi connectivity index (χ1) is 10.4. The normalized spacial score (nSPS) is 13.0. The molecule has 118 valence electrons. The van der Waals surface area contributed by atoms with E-state index < -0.39 is 20.6 Å². The minimum atomic E-state index is -3.95. The van der Waals surface area contributed by atoms with Crippen molar-refractivity contribution in [2.45, 2.75) is 30.7 Å². The Morgan fingerprint density at radius 3 is 2.64 bits per heavy atom. The molecule has 2 rings (SSSR count). The van der Waals surface area contributed by atoms with Gasteiger partial charge in [0, 0.05) is 18.5 Å². The molecule has 0 bridgehead atoms. The predicted molar refractivity (Wildman–Crippen MR) is 79.9 cm³/mol. The molecule has 1 N–H and O–H groups in total. The number of nitro groups is 1. The van der Waals surface area contributed by atoms with E-state index in [9.17, 15) is 18.5 Å². The highest BCUT2D eigenvalue weighted by Gasteiger charge is 2.26. The number of sulfonamides is 1. The Hall–Kier alpha value is -2.19. The van der Waals surface area contributed by atoms with Gasteiger partial charge in [0.2, 0.25) is 10.0 Å². The molecule has 7 nitrogen and oxygen atoms in total. The lowest BCUT2D eigenvalue weighted by Gasteiger charge is -2.13.